The summed E-state index contributed by atoms with van der Waals surface area (Å²) in [6, 6.07) is -0.749. The molecule has 1 saturated heterocycles. The Bertz CT molecular complexity index is 439. The first-order valence-electron chi connectivity index (χ1n) is 8.56. The third-order valence-electron chi connectivity index (χ3n) is 5.20. The van der Waals surface area contributed by atoms with Gasteiger partial charge in [-0.1, -0.05) is 27.2 Å². The van der Waals surface area contributed by atoms with Crippen molar-refractivity contribution in [1.29, 1.82) is 0 Å². The van der Waals surface area contributed by atoms with Crippen molar-refractivity contribution < 1.29 is 24.2 Å². The van der Waals surface area contributed by atoms with Crippen LogP contribution < -0.4 is 0 Å². The zero-order valence-corrected chi connectivity index (χ0v) is 14.5. The average molecular weight is 327 g/mol. The molecule has 2 rings (SSSR count). The van der Waals surface area contributed by atoms with Gasteiger partial charge in [-0.25, -0.2) is 9.59 Å². The number of likely N-dealkylation sites (tertiary alicyclic amines) is 1. The summed E-state index contributed by atoms with van der Waals surface area (Å²) in [7, 11) is 1.29. The Morgan fingerprint density at radius 1 is 1.22 bits per heavy atom. The van der Waals surface area contributed by atoms with Crippen molar-refractivity contribution >= 4 is 12.1 Å². The van der Waals surface area contributed by atoms with Crippen LogP contribution in [0.5, 0.6) is 0 Å². The van der Waals surface area contributed by atoms with Gasteiger partial charge in [0.2, 0.25) is 0 Å². The van der Waals surface area contributed by atoms with E-state index < -0.39 is 24.2 Å². The Kier molecular flexibility index (Phi) is 5.89. The SMILES string of the molecule is COC(=O)[C@@H]1CC(O)CN1C(=O)OC1C[C@H](C)CCC1C(C)C. The van der Waals surface area contributed by atoms with Crippen LogP contribution in [-0.2, 0) is 14.3 Å². The lowest BCUT2D eigenvalue weighted by Gasteiger charge is -2.37. The number of β-amino-alcohol motifs (C(OH)–C–C–N with tert-alkyl or cyclic N) is 1. The summed E-state index contributed by atoms with van der Waals surface area (Å²) in [4.78, 5) is 25.7. The lowest BCUT2D eigenvalue weighted by atomic mass is 9.75. The Balaban J connectivity index is 2.05. The Hall–Kier alpha value is -1.30. The van der Waals surface area contributed by atoms with Gasteiger partial charge in [-0.15, -0.1) is 0 Å². The smallest absolute Gasteiger partial charge is 0.410 e. The molecular formula is C17H29NO5. The number of hydrogen-bond acceptors (Lipinski definition) is 5. The lowest BCUT2D eigenvalue weighted by molar-refractivity contribution is -0.145. The van der Waals surface area contributed by atoms with Gasteiger partial charge in [0.1, 0.15) is 12.1 Å². The van der Waals surface area contributed by atoms with Crippen molar-refractivity contribution in [2.45, 2.75) is 64.7 Å². The van der Waals surface area contributed by atoms with Crippen LogP contribution in [0.2, 0.25) is 0 Å². The first-order chi connectivity index (χ1) is 10.8. The van der Waals surface area contributed by atoms with E-state index in [1.54, 1.807) is 0 Å². The Morgan fingerprint density at radius 3 is 2.52 bits per heavy atom. The number of aliphatic hydroxyl groups is 1. The molecule has 23 heavy (non-hydrogen) atoms. The quantitative estimate of drug-likeness (QED) is 0.804. The molecule has 5 atom stereocenters. The monoisotopic (exact) mass is 327 g/mol. The molecule has 1 aliphatic carbocycles. The number of carbonyl (C=O) groups excluding carboxylic acids is 2. The van der Waals surface area contributed by atoms with E-state index in [1.807, 2.05) is 0 Å². The molecule has 6 heteroatoms. The number of esters is 1. The number of nitrogens with zero attached hydrogens (tertiary/aromatic N) is 1. The van der Waals surface area contributed by atoms with Gasteiger partial charge in [0.25, 0.3) is 0 Å². The van der Waals surface area contributed by atoms with Gasteiger partial charge < -0.3 is 14.6 Å². The lowest BCUT2D eigenvalue weighted by Crippen LogP contribution is -2.45. The highest BCUT2D eigenvalue weighted by molar-refractivity contribution is 5.82. The summed E-state index contributed by atoms with van der Waals surface area (Å²) in [6.45, 7) is 6.60. The van der Waals surface area contributed by atoms with Gasteiger partial charge in [0, 0.05) is 6.42 Å². The molecule has 1 amide bonds. The molecule has 132 valence electrons. The van der Waals surface area contributed by atoms with Crippen molar-refractivity contribution in [3.05, 3.63) is 0 Å². The second-order valence-corrected chi connectivity index (χ2v) is 7.33. The number of aliphatic hydroxyl groups excluding tert-OH is 1. The van der Waals surface area contributed by atoms with Gasteiger partial charge in [0.05, 0.1) is 19.8 Å². The summed E-state index contributed by atoms with van der Waals surface area (Å²) >= 11 is 0. The molecule has 0 aromatic rings. The van der Waals surface area contributed by atoms with Gasteiger partial charge >= 0.3 is 12.1 Å². The van der Waals surface area contributed by atoms with Gasteiger partial charge in [-0.05, 0) is 30.6 Å². The van der Waals surface area contributed by atoms with Crippen LogP contribution in [0.4, 0.5) is 4.79 Å². The van der Waals surface area contributed by atoms with Crippen LogP contribution in [0, 0.1) is 17.8 Å². The summed E-state index contributed by atoms with van der Waals surface area (Å²) < 4.78 is 10.5. The molecule has 0 bridgehead atoms. The van der Waals surface area contributed by atoms with Crippen LogP contribution in [0.1, 0.15) is 46.5 Å². The van der Waals surface area contributed by atoms with Gasteiger partial charge in [-0.2, -0.15) is 0 Å². The standard InChI is InChI=1S/C17H29NO5/c1-10(2)13-6-5-11(3)7-15(13)23-17(21)18-9-12(19)8-14(18)16(20)22-4/h10-15,19H,5-9H2,1-4H3/t11-,12?,13?,14+,15?/m1/s1. The first kappa shape index (κ1) is 18.0. The summed E-state index contributed by atoms with van der Waals surface area (Å²) in [6.07, 6.45) is 1.93. The minimum absolute atomic E-state index is 0.118. The molecule has 1 aliphatic heterocycles. The second kappa shape index (κ2) is 7.51. The maximum Gasteiger partial charge on any atom is 0.410 e. The maximum absolute atomic E-state index is 12.5. The van der Waals surface area contributed by atoms with Crippen LogP contribution >= 0.6 is 0 Å². The number of rotatable bonds is 3. The molecule has 1 N–H and O–H groups in total. The zero-order valence-electron chi connectivity index (χ0n) is 14.5. The second-order valence-electron chi connectivity index (χ2n) is 7.33. The fourth-order valence-corrected chi connectivity index (χ4v) is 3.82. The predicted molar refractivity (Wildman–Crippen MR) is 84.7 cm³/mol. The molecule has 6 nitrogen and oxygen atoms in total. The van der Waals surface area contributed by atoms with Gasteiger partial charge in [-0.3, -0.25) is 4.90 Å². The van der Waals surface area contributed by atoms with E-state index in [2.05, 4.69) is 20.8 Å². The number of ether oxygens (including phenoxy) is 2. The van der Waals surface area contributed by atoms with E-state index in [0.29, 0.717) is 17.8 Å². The molecule has 0 radical (unpaired) electrons. The molecule has 2 fully saturated rings. The molecule has 1 heterocycles. The van der Waals surface area contributed by atoms with Crippen molar-refractivity contribution in [2.24, 2.45) is 17.8 Å². The van der Waals surface area contributed by atoms with E-state index >= 15 is 0 Å². The fraction of sp³-hybridized carbons (Fsp3) is 0.882. The van der Waals surface area contributed by atoms with Crippen LogP contribution in [0.3, 0.4) is 0 Å². The molecule has 1 saturated carbocycles. The fourth-order valence-electron chi connectivity index (χ4n) is 3.82. The maximum atomic E-state index is 12.5. The minimum Gasteiger partial charge on any atom is -0.467 e. The molecule has 0 spiro atoms. The largest absolute Gasteiger partial charge is 0.467 e. The highest BCUT2D eigenvalue weighted by Crippen LogP contribution is 2.36. The normalized spacial score (nSPS) is 34.5. The molecule has 0 aromatic carbocycles. The Morgan fingerprint density at radius 2 is 1.91 bits per heavy atom. The van der Waals surface area contributed by atoms with Crippen LogP contribution in [0.25, 0.3) is 0 Å². The number of hydrogen-bond donors (Lipinski definition) is 1. The summed E-state index contributed by atoms with van der Waals surface area (Å²) in [5.74, 6) is 0.819. The average Bonchev–Trinajstić information content (AvgIpc) is 2.88. The molecular weight excluding hydrogens is 298 g/mol. The van der Waals surface area contributed by atoms with Crippen molar-refractivity contribution in [3.8, 4) is 0 Å². The summed E-state index contributed by atoms with van der Waals surface area (Å²) in [5, 5.41) is 9.79. The topological polar surface area (TPSA) is 76.1 Å². The molecule has 2 aliphatic rings. The van der Waals surface area contributed by atoms with E-state index in [-0.39, 0.29) is 19.1 Å². The minimum atomic E-state index is -0.749. The third kappa shape index (κ3) is 4.16. The number of amides is 1. The summed E-state index contributed by atoms with van der Waals surface area (Å²) in [5.41, 5.74) is 0. The van der Waals surface area contributed by atoms with Gasteiger partial charge in [0.15, 0.2) is 0 Å². The van der Waals surface area contributed by atoms with E-state index in [4.69, 9.17) is 9.47 Å². The first-order valence-corrected chi connectivity index (χ1v) is 8.56. The van der Waals surface area contributed by atoms with E-state index in [9.17, 15) is 14.7 Å². The van der Waals surface area contributed by atoms with Crippen LogP contribution in [0.15, 0.2) is 0 Å². The number of carbonyl (C=O) groups is 2. The number of methoxy groups -OCH3 is 1. The molecule has 0 aromatic heterocycles. The van der Waals surface area contributed by atoms with Crippen molar-refractivity contribution in [2.75, 3.05) is 13.7 Å². The van der Waals surface area contributed by atoms with E-state index in [0.717, 1.165) is 19.3 Å². The Labute approximate surface area is 138 Å². The predicted octanol–water partition coefficient (Wildman–Crippen LogP) is 2.19. The van der Waals surface area contributed by atoms with Crippen LogP contribution in [-0.4, -0.2) is 54.0 Å². The van der Waals surface area contributed by atoms with E-state index in [1.165, 1.54) is 12.0 Å². The van der Waals surface area contributed by atoms with Crippen molar-refractivity contribution in [3.63, 3.8) is 0 Å². The molecule has 3 unspecified atom stereocenters. The zero-order chi connectivity index (χ0) is 17.1. The van der Waals surface area contributed by atoms with Crippen molar-refractivity contribution in [1.82, 2.24) is 4.90 Å². The highest BCUT2D eigenvalue weighted by Gasteiger charge is 2.42. The third-order valence-corrected chi connectivity index (χ3v) is 5.20. The highest BCUT2D eigenvalue weighted by atomic mass is 16.6.